The van der Waals surface area contributed by atoms with Gasteiger partial charge in [0.05, 0.1) is 22.3 Å². The zero-order chi connectivity index (χ0) is 28.8. The Labute approximate surface area is 242 Å². The number of nitrogens with zero attached hydrogens (tertiary/aromatic N) is 1. The smallest absolute Gasteiger partial charge is 0.335 e. The topological polar surface area (TPSA) is 134 Å². The predicted molar refractivity (Wildman–Crippen MR) is 155 cm³/mol. The van der Waals surface area contributed by atoms with E-state index in [1.54, 1.807) is 43.3 Å². The quantitative estimate of drug-likeness (QED) is 0.181. The molecule has 40 heavy (non-hydrogen) atoms. The molecule has 0 saturated carbocycles. The molecule has 12 heteroatoms. The van der Waals surface area contributed by atoms with Crippen molar-refractivity contribution >= 4 is 74.4 Å². The minimum atomic E-state index is -1.18. The molecule has 4 rings (SSSR count). The van der Waals surface area contributed by atoms with Crippen molar-refractivity contribution in [2.45, 2.75) is 6.92 Å². The van der Waals surface area contributed by atoms with Crippen LogP contribution in [0.4, 0.5) is 11.4 Å². The van der Waals surface area contributed by atoms with Crippen molar-refractivity contribution in [3.63, 3.8) is 0 Å². The summed E-state index contributed by atoms with van der Waals surface area (Å²) in [6.45, 7) is 1.75. The van der Waals surface area contributed by atoms with Gasteiger partial charge in [-0.2, -0.15) is 0 Å². The van der Waals surface area contributed by atoms with Gasteiger partial charge in [-0.15, -0.1) is 0 Å². The van der Waals surface area contributed by atoms with Crippen LogP contribution in [-0.2, 0) is 14.4 Å². The van der Waals surface area contributed by atoms with Crippen LogP contribution >= 0.6 is 28.1 Å². The van der Waals surface area contributed by atoms with Gasteiger partial charge in [0.15, 0.2) is 23.2 Å². The van der Waals surface area contributed by atoms with Crippen LogP contribution in [0.2, 0.25) is 0 Å². The van der Waals surface area contributed by atoms with Gasteiger partial charge < -0.3 is 19.9 Å². The van der Waals surface area contributed by atoms with Crippen molar-refractivity contribution in [3.05, 3.63) is 87.9 Å². The molecule has 1 saturated heterocycles. The minimum absolute atomic E-state index is 0.0474. The normalized spacial score (nSPS) is 14.1. The number of carbonyl (C=O) groups is 4. The number of benzene rings is 3. The molecule has 3 N–H and O–H groups in total. The number of carbonyl (C=O) groups excluding carboxylic acids is 3. The van der Waals surface area contributed by atoms with Crippen LogP contribution in [0.5, 0.6) is 11.5 Å². The number of carboxylic acids is 1. The molecule has 1 heterocycles. The highest BCUT2D eigenvalue weighted by Gasteiger charge is 2.35. The molecule has 3 amide bonds. The number of hydrogen-bond acceptors (Lipinski definition) is 7. The van der Waals surface area contributed by atoms with Gasteiger partial charge in [-0.25, -0.2) is 4.79 Å². The number of thiocarbonyl (C=S) groups is 1. The highest BCUT2D eigenvalue weighted by atomic mass is 79.9. The van der Waals surface area contributed by atoms with E-state index in [0.29, 0.717) is 15.7 Å². The summed E-state index contributed by atoms with van der Waals surface area (Å²) in [7, 11) is 0. The van der Waals surface area contributed by atoms with E-state index in [1.807, 2.05) is 6.07 Å². The maximum atomic E-state index is 13.4. The maximum absolute atomic E-state index is 13.4. The van der Waals surface area contributed by atoms with Crippen LogP contribution in [0.25, 0.3) is 6.08 Å². The number of ether oxygens (including phenoxy) is 2. The van der Waals surface area contributed by atoms with E-state index >= 15 is 0 Å². The van der Waals surface area contributed by atoms with Gasteiger partial charge in [0.1, 0.15) is 5.57 Å². The number of aromatic carboxylic acids is 1. The maximum Gasteiger partial charge on any atom is 0.335 e. The average Bonchev–Trinajstić information content (AvgIpc) is 2.91. The number of amides is 3. The molecule has 0 aromatic heterocycles. The largest absolute Gasteiger partial charge is 0.490 e. The number of carboxylic acid groups (broad SMARTS) is 1. The van der Waals surface area contributed by atoms with Crippen molar-refractivity contribution in [1.82, 2.24) is 5.32 Å². The summed E-state index contributed by atoms with van der Waals surface area (Å²) < 4.78 is 11.9. The second-order valence-electron chi connectivity index (χ2n) is 8.28. The molecule has 0 spiro atoms. The third-order valence-electron chi connectivity index (χ3n) is 5.50. The number of hydrogen-bond donors (Lipinski definition) is 3. The Morgan fingerprint density at radius 3 is 2.52 bits per heavy atom. The van der Waals surface area contributed by atoms with Gasteiger partial charge in [0, 0.05) is 5.69 Å². The Hall–Kier alpha value is -4.55. The van der Waals surface area contributed by atoms with Gasteiger partial charge in [0.2, 0.25) is 0 Å². The Morgan fingerprint density at radius 2 is 1.82 bits per heavy atom. The van der Waals surface area contributed by atoms with Crippen molar-refractivity contribution in [2.75, 3.05) is 23.4 Å². The Bertz CT molecular complexity index is 1540. The Morgan fingerprint density at radius 1 is 1.07 bits per heavy atom. The lowest BCUT2D eigenvalue weighted by molar-refractivity contribution is -0.122. The zero-order valence-electron chi connectivity index (χ0n) is 21.0. The van der Waals surface area contributed by atoms with Crippen LogP contribution in [0.1, 0.15) is 22.8 Å². The molecular weight excluding hydrogens is 602 g/mol. The summed E-state index contributed by atoms with van der Waals surface area (Å²) in [5.41, 5.74) is 0.950. The molecular formula is C28H22BrN3O7S. The monoisotopic (exact) mass is 623 g/mol. The van der Waals surface area contributed by atoms with E-state index in [2.05, 4.69) is 26.6 Å². The van der Waals surface area contributed by atoms with Crippen LogP contribution in [0.15, 0.2) is 76.8 Å². The van der Waals surface area contributed by atoms with Crippen LogP contribution < -0.4 is 25.0 Å². The molecule has 3 aromatic rings. The van der Waals surface area contributed by atoms with E-state index in [-0.39, 0.29) is 52.6 Å². The predicted octanol–water partition coefficient (Wildman–Crippen LogP) is 4.39. The van der Waals surface area contributed by atoms with Gasteiger partial charge in [-0.1, -0.05) is 24.3 Å². The lowest BCUT2D eigenvalue weighted by Gasteiger charge is -2.29. The first-order valence-electron chi connectivity index (χ1n) is 11.9. The Kier molecular flexibility index (Phi) is 8.92. The third-order valence-corrected chi connectivity index (χ3v) is 6.37. The first-order chi connectivity index (χ1) is 19.2. The van der Waals surface area contributed by atoms with Crippen LogP contribution in [0.3, 0.4) is 0 Å². The number of halogens is 1. The van der Waals surface area contributed by atoms with Crippen molar-refractivity contribution in [1.29, 1.82) is 0 Å². The summed E-state index contributed by atoms with van der Waals surface area (Å²) in [4.78, 5) is 50.9. The fraction of sp³-hybridized carbons (Fsp3) is 0.107. The molecule has 0 atom stereocenters. The molecule has 10 nitrogen and oxygen atoms in total. The highest BCUT2D eigenvalue weighted by Crippen LogP contribution is 2.38. The second kappa shape index (κ2) is 12.5. The van der Waals surface area contributed by atoms with E-state index < -0.39 is 17.8 Å². The van der Waals surface area contributed by atoms with E-state index in [0.717, 1.165) is 4.90 Å². The summed E-state index contributed by atoms with van der Waals surface area (Å²) in [6, 6.07) is 17.7. The lowest BCUT2D eigenvalue weighted by Crippen LogP contribution is -2.54. The zero-order valence-corrected chi connectivity index (χ0v) is 23.4. The van der Waals surface area contributed by atoms with E-state index in [4.69, 9.17) is 21.7 Å². The summed E-state index contributed by atoms with van der Waals surface area (Å²) in [6.07, 6.45) is 1.35. The number of rotatable bonds is 9. The van der Waals surface area contributed by atoms with E-state index in [1.165, 1.54) is 30.3 Å². The van der Waals surface area contributed by atoms with Gasteiger partial charge in [0.25, 0.3) is 17.7 Å². The molecule has 3 aromatic carbocycles. The average molecular weight is 624 g/mol. The molecule has 204 valence electrons. The number of anilines is 2. The standard InChI is InChI=1S/C28H22BrN3O7S/c1-2-38-22-13-16(12-21(29)24(22)39-15-23(33)30-18-8-4-3-5-9-18)11-20-25(34)31-28(40)32(26(20)35)19-10-6-7-17(14-19)27(36)37/h3-14H,2,15H2,1H3,(H,30,33)(H,36,37)(H,31,34,40). The fourth-order valence-corrected chi connectivity index (χ4v) is 4.62. The summed E-state index contributed by atoms with van der Waals surface area (Å²) in [5.74, 6) is -2.46. The summed E-state index contributed by atoms with van der Waals surface area (Å²) in [5, 5.41) is 14.3. The first kappa shape index (κ1) is 28.5. The van der Waals surface area contributed by atoms with Gasteiger partial charge >= 0.3 is 5.97 Å². The van der Waals surface area contributed by atoms with Crippen molar-refractivity contribution in [2.24, 2.45) is 0 Å². The summed E-state index contributed by atoms with van der Waals surface area (Å²) >= 11 is 8.62. The molecule has 1 aliphatic rings. The molecule has 0 bridgehead atoms. The van der Waals surface area contributed by atoms with Gasteiger partial charge in [-0.3, -0.25) is 24.6 Å². The first-order valence-corrected chi connectivity index (χ1v) is 13.1. The van der Waals surface area contributed by atoms with Crippen molar-refractivity contribution < 1.29 is 33.8 Å². The fourth-order valence-electron chi connectivity index (χ4n) is 3.77. The van der Waals surface area contributed by atoms with Gasteiger partial charge in [-0.05, 0) is 89.2 Å². The van der Waals surface area contributed by atoms with Crippen LogP contribution in [-0.4, -0.2) is 47.1 Å². The molecule has 1 fully saturated rings. The third kappa shape index (κ3) is 6.53. The second-order valence-corrected chi connectivity index (χ2v) is 9.52. The molecule has 0 unspecified atom stereocenters. The number of para-hydroxylation sites is 1. The number of nitrogens with one attached hydrogen (secondary N) is 2. The lowest BCUT2D eigenvalue weighted by atomic mass is 10.1. The van der Waals surface area contributed by atoms with E-state index in [9.17, 15) is 24.3 Å². The van der Waals surface area contributed by atoms with Crippen LogP contribution in [0, 0.1) is 0 Å². The molecule has 1 aliphatic heterocycles. The molecule has 0 radical (unpaired) electrons. The molecule has 0 aliphatic carbocycles. The SMILES string of the molecule is CCOc1cc(C=C2C(=O)NC(=S)N(c3cccc(C(=O)O)c3)C2=O)cc(Br)c1OCC(=O)Nc1ccccc1. The minimum Gasteiger partial charge on any atom is -0.490 e. The van der Waals surface area contributed by atoms with Crippen molar-refractivity contribution in [3.8, 4) is 11.5 Å². The Balaban J connectivity index is 1.60. The highest BCUT2D eigenvalue weighted by molar-refractivity contribution is 9.10.